The van der Waals surface area contributed by atoms with Gasteiger partial charge in [-0.1, -0.05) is 34.1 Å². The highest BCUT2D eigenvalue weighted by molar-refractivity contribution is 9.10. The Kier molecular flexibility index (Phi) is 5.26. The molecule has 2 aromatic rings. The zero-order valence-electron chi connectivity index (χ0n) is 12.4. The predicted octanol–water partition coefficient (Wildman–Crippen LogP) is 4.25. The molecule has 2 rings (SSSR count). The maximum Gasteiger partial charge on any atom is 0.122 e. The molecule has 0 saturated carbocycles. The van der Waals surface area contributed by atoms with Crippen LogP contribution in [0, 0.1) is 6.92 Å². The topological polar surface area (TPSA) is 38.7 Å². The van der Waals surface area contributed by atoms with Gasteiger partial charge in [0.25, 0.3) is 0 Å². The second kappa shape index (κ2) is 6.96. The van der Waals surface area contributed by atoms with Crippen molar-refractivity contribution in [1.82, 2.24) is 0 Å². The Labute approximate surface area is 133 Å². The zero-order chi connectivity index (χ0) is 15.4. The molecule has 0 spiro atoms. The standard InChI is InChI=1S/C17H19BrO3/c1-4-21-13-7-8-14(15(18)10-13)17(19)12-6-5-11(2)16(9-12)20-3/h5-10,17,19H,4H2,1-3H3. The van der Waals surface area contributed by atoms with Gasteiger partial charge >= 0.3 is 0 Å². The van der Waals surface area contributed by atoms with Gasteiger partial charge in [0, 0.05) is 4.47 Å². The Morgan fingerprint density at radius 1 is 1.19 bits per heavy atom. The van der Waals surface area contributed by atoms with E-state index in [0.717, 1.165) is 32.7 Å². The van der Waals surface area contributed by atoms with E-state index < -0.39 is 6.10 Å². The molecule has 1 atom stereocenters. The minimum absolute atomic E-state index is 0.615. The van der Waals surface area contributed by atoms with Crippen LogP contribution in [0.15, 0.2) is 40.9 Å². The van der Waals surface area contributed by atoms with Gasteiger partial charge in [0.15, 0.2) is 0 Å². The number of aliphatic hydroxyl groups is 1. The van der Waals surface area contributed by atoms with Crippen LogP contribution in [-0.4, -0.2) is 18.8 Å². The zero-order valence-corrected chi connectivity index (χ0v) is 14.0. The molecule has 0 aliphatic rings. The number of rotatable bonds is 5. The average Bonchev–Trinajstić information content (AvgIpc) is 2.47. The third kappa shape index (κ3) is 3.57. The fourth-order valence-corrected chi connectivity index (χ4v) is 2.75. The highest BCUT2D eigenvalue weighted by Crippen LogP contribution is 2.33. The van der Waals surface area contributed by atoms with Crippen LogP contribution < -0.4 is 9.47 Å². The minimum Gasteiger partial charge on any atom is -0.496 e. The van der Waals surface area contributed by atoms with Crippen LogP contribution in [0.2, 0.25) is 0 Å². The van der Waals surface area contributed by atoms with Crippen molar-refractivity contribution < 1.29 is 14.6 Å². The van der Waals surface area contributed by atoms with Crippen LogP contribution in [-0.2, 0) is 0 Å². The Morgan fingerprint density at radius 2 is 1.95 bits per heavy atom. The van der Waals surface area contributed by atoms with Crippen molar-refractivity contribution in [3.8, 4) is 11.5 Å². The Bertz CT molecular complexity index is 625. The molecule has 0 saturated heterocycles. The minimum atomic E-state index is -0.718. The van der Waals surface area contributed by atoms with Gasteiger partial charge in [-0.2, -0.15) is 0 Å². The number of benzene rings is 2. The van der Waals surface area contributed by atoms with E-state index in [1.54, 1.807) is 7.11 Å². The summed E-state index contributed by atoms with van der Waals surface area (Å²) in [7, 11) is 1.63. The lowest BCUT2D eigenvalue weighted by atomic mass is 10.00. The molecule has 0 fully saturated rings. The molecule has 0 heterocycles. The summed E-state index contributed by atoms with van der Waals surface area (Å²) in [6.45, 7) is 4.53. The second-order valence-electron chi connectivity index (χ2n) is 4.75. The number of hydrogen-bond acceptors (Lipinski definition) is 3. The molecule has 3 nitrogen and oxygen atoms in total. The molecule has 0 amide bonds. The van der Waals surface area contributed by atoms with Gasteiger partial charge < -0.3 is 14.6 Å². The van der Waals surface area contributed by atoms with Crippen LogP contribution in [0.3, 0.4) is 0 Å². The van der Waals surface area contributed by atoms with Crippen LogP contribution in [0.25, 0.3) is 0 Å². The lowest BCUT2D eigenvalue weighted by Gasteiger charge is -2.16. The number of ether oxygens (including phenoxy) is 2. The molecule has 2 aromatic carbocycles. The van der Waals surface area contributed by atoms with Gasteiger partial charge in [0.2, 0.25) is 0 Å². The van der Waals surface area contributed by atoms with Crippen molar-refractivity contribution in [2.24, 2.45) is 0 Å². The van der Waals surface area contributed by atoms with Crippen molar-refractivity contribution in [1.29, 1.82) is 0 Å². The van der Waals surface area contributed by atoms with Gasteiger partial charge in [-0.15, -0.1) is 0 Å². The summed E-state index contributed by atoms with van der Waals surface area (Å²) < 4.78 is 11.6. The third-order valence-corrected chi connectivity index (χ3v) is 4.01. The molecule has 4 heteroatoms. The van der Waals surface area contributed by atoms with Gasteiger partial charge in [-0.05, 0) is 48.7 Å². The monoisotopic (exact) mass is 350 g/mol. The van der Waals surface area contributed by atoms with E-state index in [2.05, 4.69) is 15.9 Å². The van der Waals surface area contributed by atoms with Crippen LogP contribution in [0.5, 0.6) is 11.5 Å². The SMILES string of the molecule is CCOc1ccc(C(O)c2ccc(C)c(OC)c2)c(Br)c1. The van der Waals surface area contributed by atoms with Crippen molar-refractivity contribution >= 4 is 15.9 Å². The predicted molar refractivity (Wildman–Crippen MR) is 87.1 cm³/mol. The maximum absolute atomic E-state index is 10.6. The first-order valence-corrected chi connectivity index (χ1v) is 7.61. The van der Waals surface area contributed by atoms with E-state index in [9.17, 15) is 5.11 Å². The molecule has 0 radical (unpaired) electrons. The Hall–Kier alpha value is -1.52. The van der Waals surface area contributed by atoms with Crippen LogP contribution in [0.1, 0.15) is 29.7 Å². The molecule has 0 aromatic heterocycles. The summed E-state index contributed by atoms with van der Waals surface area (Å²) in [4.78, 5) is 0. The summed E-state index contributed by atoms with van der Waals surface area (Å²) >= 11 is 3.49. The van der Waals surface area contributed by atoms with Crippen molar-refractivity contribution in [2.75, 3.05) is 13.7 Å². The molecule has 0 bridgehead atoms. The van der Waals surface area contributed by atoms with E-state index >= 15 is 0 Å². The van der Waals surface area contributed by atoms with E-state index in [1.807, 2.05) is 50.2 Å². The van der Waals surface area contributed by atoms with Gasteiger partial charge in [-0.25, -0.2) is 0 Å². The first-order valence-electron chi connectivity index (χ1n) is 6.81. The number of hydrogen-bond donors (Lipinski definition) is 1. The Morgan fingerprint density at radius 3 is 2.57 bits per heavy atom. The summed E-state index contributed by atoms with van der Waals surface area (Å²) in [6.07, 6.45) is -0.718. The first kappa shape index (κ1) is 15.9. The molecular formula is C17H19BrO3. The molecule has 1 unspecified atom stereocenters. The van der Waals surface area contributed by atoms with Crippen molar-refractivity contribution in [2.45, 2.75) is 20.0 Å². The number of methoxy groups -OCH3 is 1. The first-order chi connectivity index (χ1) is 10.1. The van der Waals surface area contributed by atoms with Crippen LogP contribution in [0.4, 0.5) is 0 Å². The fourth-order valence-electron chi connectivity index (χ4n) is 2.17. The van der Waals surface area contributed by atoms with Gasteiger partial charge in [-0.3, -0.25) is 0 Å². The van der Waals surface area contributed by atoms with Gasteiger partial charge in [0.05, 0.1) is 13.7 Å². The van der Waals surface area contributed by atoms with Crippen molar-refractivity contribution in [3.05, 3.63) is 57.6 Å². The summed E-state index contributed by atoms with van der Waals surface area (Å²) in [5, 5.41) is 10.6. The molecule has 1 N–H and O–H groups in total. The highest BCUT2D eigenvalue weighted by Gasteiger charge is 2.15. The summed E-state index contributed by atoms with van der Waals surface area (Å²) in [5.41, 5.74) is 2.63. The third-order valence-electron chi connectivity index (χ3n) is 3.33. The lowest BCUT2D eigenvalue weighted by molar-refractivity contribution is 0.218. The largest absolute Gasteiger partial charge is 0.496 e. The van der Waals surface area contributed by atoms with Crippen molar-refractivity contribution in [3.63, 3.8) is 0 Å². The summed E-state index contributed by atoms with van der Waals surface area (Å²) in [6, 6.07) is 11.3. The number of halogens is 1. The van der Waals surface area contributed by atoms with E-state index in [-0.39, 0.29) is 0 Å². The smallest absolute Gasteiger partial charge is 0.122 e. The molecule has 21 heavy (non-hydrogen) atoms. The fraction of sp³-hybridized carbons (Fsp3) is 0.294. The normalized spacial score (nSPS) is 12.0. The molecular weight excluding hydrogens is 332 g/mol. The highest BCUT2D eigenvalue weighted by atomic mass is 79.9. The maximum atomic E-state index is 10.6. The molecule has 0 aliphatic heterocycles. The number of aliphatic hydroxyl groups excluding tert-OH is 1. The molecule has 0 aliphatic carbocycles. The Balaban J connectivity index is 2.33. The molecule has 112 valence electrons. The summed E-state index contributed by atoms with van der Waals surface area (Å²) in [5.74, 6) is 1.55. The average molecular weight is 351 g/mol. The quantitative estimate of drug-likeness (QED) is 0.875. The van der Waals surface area contributed by atoms with E-state index in [0.29, 0.717) is 6.61 Å². The van der Waals surface area contributed by atoms with Crippen LogP contribution >= 0.6 is 15.9 Å². The second-order valence-corrected chi connectivity index (χ2v) is 5.60. The van der Waals surface area contributed by atoms with Gasteiger partial charge in [0.1, 0.15) is 17.6 Å². The number of aryl methyl sites for hydroxylation is 1. The van der Waals surface area contributed by atoms with E-state index in [4.69, 9.17) is 9.47 Å². The van der Waals surface area contributed by atoms with E-state index in [1.165, 1.54) is 0 Å². The lowest BCUT2D eigenvalue weighted by Crippen LogP contribution is -2.02.